The molecule has 0 fully saturated rings. The number of hydrogen-bond acceptors (Lipinski definition) is 4. The fraction of sp³-hybridized carbons (Fsp3) is 0.143. The van der Waals surface area contributed by atoms with E-state index in [1.54, 1.807) is 18.2 Å². The molecule has 0 unspecified atom stereocenters. The Hall–Kier alpha value is -2.56. The van der Waals surface area contributed by atoms with Gasteiger partial charge in [0.2, 0.25) is 0 Å². The Morgan fingerprint density at radius 2 is 2.32 bits per heavy atom. The Morgan fingerprint density at radius 1 is 1.42 bits per heavy atom. The van der Waals surface area contributed by atoms with E-state index in [4.69, 9.17) is 9.15 Å². The van der Waals surface area contributed by atoms with E-state index in [2.05, 4.69) is 10.5 Å². The topological polar surface area (TPSA) is 63.8 Å². The number of carbonyl (C=O) groups is 1. The van der Waals surface area contributed by atoms with E-state index in [1.807, 2.05) is 25.1 Å². The van der Waals surface area contributed by atoms with E-state index in [-0.39, 0.29) is 12.5 Å². The monoisotopic (exact) mass is 258 g/mol. The van der Waals surface area contributed by atoms with Crippen LogP contribution in [0.3, 0.4) is 0 Å². The van der Waals surface area contributed by atoms with Crippen LogP contribution in [0.5, 0.6) is 5.75 Å². The van der Waals surface area contributed by atoms with Crippen LogP contribution in [0.25, 0.3) is 0 Å². The Morgan fingerprint density at radius 3 is 3.05 bits per heavy atom. The molecule has 1 aromatic carbocycles. The van der Waals surface area contributed by atoms with E-state index in [1.165, 1.54) is 12.5 Å². The van der Waals surface area contributed by atoms with Crippen LogP contribution in [0, 0.1) is 6.92 Å². The minimum absolute atomic E-state index is 0.0844. The Balaban J connectivity index is 1.76. The number of hydrazone groups is 1. The third kappa shape index (κ3) is 4.31. The lowest BCUT2D eigenvalue weighted by Crippen LogP contribution is -2.24. The molecule has 0 aliphatic heterocycles. The Kier molecular flexibility index (Phi) is 4.34. The molecular weight excluding hydrogens is 244 g/mol. The molecule has 0 saturated carbocycles. The molecule has 1 aromatic heterocycles. The van der Waals surface area contributed by atoms with E-state index in [0.717, 1.165) is 5.56 Å². The molecule has 19 heavy (non-hydrogen) atoms. The van der Waals surface area contributed by atoms with Crippen LogP contribution in [0.4, 0.5) is 0 Å². The largest absolute Gasteiger partial charge is 0.484 e. The first-order valence-corrected chi connectivity index (χ1v) is 5.79. The van der Waals surface area contributed by atoms with Crippen LogP contribution in [-0.2, 0) is 4.79 Å². The van der Waals surface area contributed by atoms with Crippen LogP contribution in [0.15, 0.2) is 52.2 Å². The van der Waals surface area contributed by atoms with Crippen LogP contribution < -0.4 is 10.2 Å². The highest BCUT2D eigenvalue weighted by Gasteiger charge is 2.01. The van der Waals surface area contributed by atoms with Crippen molar-refractivity contribution in [3.63, 3.8) is 0 Å². The van der Waals surface area contributed by atoms with Gasteiger partial charge in [0.1, 0.15) is 11.5 Å². The van der Waals surface area contributed by atoms with Crippen LogP contribution >= 0.6 is 0 Å². The van der Waals surface area contributed by atoms with Crippen molar-refractivity contribution in [3.8, 4) is 5.75 Å². The molecule has 0 radical (unpaired) electrons. The normalized spacial score (nSPS) is 10.6. The molecule has 0 bridgehead atoms. The summed E-state index contributed by atoms with van der Waals surface area (Å²) in [6.45, 7) is 1.87. The summed E-state index contributed by atoms with van der Waals surface area (Å²) in [4.78, 5) is 11.4. The smallest absolute Gasteiger partial charge is 0.277 e. The molecule has 1 N–H and O–H groups in total. The lowest BCUT2D eigenvalue weighted by atomic mass is 10.2. The maximum atomic E-state index is 11.4. The number of furan rings is 1. The summed E-state index contributed by atoms with van der Waals surface area (Å²) in [6, 6.07) is 11.0. The third-order valence-corrected chi connectivity index (χ3v) is 2.28. The molecule has 0 aliphatic carbocycles. The number of hydrogen-bond donors (Lipinski definition) is 1. The van der Waals surface area contributed by atoms with Gasteiger partial charge < -0.3 is 9.15 Å². The van der Waals surface area contributed by atoms with Crippen molar-refractivity contribution < 1.29 is 13.9 Å². The quantitative estimate of drug-likeness (QED) is 0.660. The van der Waals surface area contributed by atoms with Crippen molar-refractivity contribution in [1.82, 2.24) is 5.43 Å². The molecule has 2 rings (SSSR count). The van der Waals surface area contributed by atoms with E-state index in [9.17, 15) is 4.79 Å². The van der Waals surface area contributed by atoms with E-state index >= 15 is 0 Å². The molecule has 0 atom stereocenters. The lowest BCUT2D eigenvalue weighted by molar-refractivity contribution is -0.123. The minimum Gasteiger partial charge on any atom is -0.484 e. The molecule has 1 amide bonds. The number of amides is 1. The molecule has 98 valence electrons. The van der Waals surface area contributed by atoms with Gasteiger partial charge in [-0.05, 0) is 36.8 Å². The molecule has 2 aromatic rings. The molecule has 0 spiro atoms. The summed E-state index contributed by atoms with van der Waals surface area (Å²) in [5, 5.41) is 3.75. The summed E-state index contributed by atoms with van der Waals surface area (Å²) < 4.78 is 10.4. The molecule has 5 nitrogen and oxygen atoms in total. The summed E-state index contributed by atoms with van der Waals surface area (Å²) in [6.07, 6.45) is 2.95. The molecule has 0 aliphatic rings. The first kappa shape index (κ1) is 12.9. The number of ether oxygens (including phenoxy) is 1. The second kappa shape index (κ2) is 6.39. The second-order valence-electron chi connectivity index (χ2n) is 3.91. The third-order valence-electron chi connectivity index (χ3n) is 2.28. The van der Waals surface area contributed by atoms with Crippen LogP contribution in [0.1, 0.15) is 11.3 Å². The van der Waals surface area contributed by atoms with Crippen LogP contribution in [0.2, 0.25) is 0 Å². The first-order chi connectivity index (χ1) is 9.24. The second-order valence-corrected chi connectivity index (χ2v) is 3.91. The van der Waals surface area contributed by atoms with Crippen molar-refractivity contribution in [1.29, 1.82) is 0 Å². The fourth-order valence-electron chi connectivity index (χ4n) is 1.42. The van der Waals surface area contributed by atoms with Crippen molar-refractivity contribution >= 4 is 12.1 Å². The van der Waals surface area contributed by atoms with Gasteiger partial charge in [0, 0.05) is 0 Å². The van der Waals surface area contributed by atoms with Gasteiger partial charge >= 0.3 is 0 Å². The lowest BCUT2D eigenvalue weighted by Gasteiger charge is -2.05. The van der Waals surface area contributed by atoms with Gasteiger partial charge in [0.05, 0.1) is 12.5 Å². The number of nitrogens with zero attached hydrogens (tertiary/aromatic N) is 1. The van der Waals surface area contributed by atoms with Gasteiger partial charge in [-0.1, -0.05) is 12.1 Å². The van der Waals surface area contributed by atoms with E-state index < -0.39 is 0 Å². The maximum Gasteiger partial charge on any atom is 0.277 e. The van der Waals surface area contributed by atoms with Crippen molar-refractivity contribution in [2.45, 2.75) is 6.92 Å². The average Bonchev–Trinajstić information content (AvgIpc) is 2.90. The van der Waals surface area contributed by atoms with Gasteiger partial charge in [-0.15, -0.1) is 0 Å². The van der Waals surface area contributed by atoms with Gasteiger partial charge in [-0.3, -0.25) is 4.79 Å². The number of nitrogens with one attached hydrogen (secondary N) is 1. The zero-order valence-corrected chi connectivity index (χ0v) is 10.5. The molecule has 1 heterocycles. The van der Waals surface area contributed by atoms with Gasteiger partial charge in [0.25, 0.3) is 5.91 Å². The van der Waals surface area contributed by atoms with Gasteiger partial charge in [-0.2, -0.15) is 5.10 Å². The van der Waals surface area contributed by atoms with Crippen LogP contribution in [-0.4, -0.2) is 18.7 Å². The fourth-order valence-corrected chi connectivity index (χ4v) is 1.42. The van der Waals surface area contributed by atoms with Crippen molar-refractivity contribution in [3.05, 3.63) is 54.0 Å². The highest BCUT2D eigenvalue weighted by molar-refractivity contribution is 5.81. The highest BCUT2D eigenvalue weighted by atomic mass is 16.5. The van der Waals surface area contributed by atoms with Crippen molar-refractivity contribution in [2.24, 2.45) is 5.10 Å². The predicted molar refractivity (Wildman–Crippen MR) is 71.1 cm³/mol. The summed E-state index contributed by atoms with van der Waals surface area (Å²) in [5.41, 5.74) is 3.43. The van der Waals surface area contributed by atoms with Crippen molar-refractivity contribution in [2.75, 3.05) is 6.61 Å². The highest BCUT2D eigenvalue weighted by Crippen LogP contribution is 2.11. The van der Waals surface area contributed by atoms with Gasteiger partial charge in [0.15, 0.2) is 6.61 Å². The predicted octanol–water partition coefficient (Wildman–Crippen LogP) is 2.12. The molecular formula is C14H14N2O3. The molecule has 5 heteroatoms. The zero-order chi connectivity index (χ0) is 13.5. The Labute approximate surface area is 110 Å². The summed E-state index contributed by atoms with van der Waals surface area (Å²) in [5.74, 6) is 0.898. The zero-order valence-electron chi connectivity index (χ0n) is 10.5. The van der Waals surface area contributed by atoms with Gasteiger partial charge in [-0.25, -0.2) is 5.43 Å². The average molecular weight is 258 g/mol. The first-order valence-electron chi connectivity index (χ1n) is 5.79. The summed E-state index contributed by atoms with van der Waals surface area (Å²) in [7, 11) is 0. The summed E-state index contributed by atoms with van der Waals surface area (Å²) >= 11 is 0. The number of carbonyl (C=O) groups excluding carboxylic acids is 1. The Bertz CT molecular complexity index is 562. The molecule has 0 saturated heterocycles. The SMILES string of the molecule is Cc1cccc(OCC(=O)NN=Cc2ccco2)c1. The standard InChI is InChI=1S/C14H14N2O3/c1-11-4-2-5-12(8-11)19-10-14(17)16-15-9-13-6-3-7-18-13/h2-9H,10H2,1H3,(H,16,17). The van der Waals surface area contributed by atoms with E-state index in [0.29, 0.717) is 11.5 Å². The number of aryl methyl sites for hydroxylation is 1. The number of rotatable bonds is 5. The minimum atomic E-state index is -0.329. The number of benzene rings is 1. The maximum absolute atomic E-state index is 11.4.